The molecule has 3 heteroatoms. The fourth-order valence-electron chi connectivity index (χ4n) is 5.34. The van der Waals surface area contributed by atoms with Crippen molar-refractivity contribution in [2.24, 2.45) is 0 Å². The van der Waals surface area contributed by atoms with Crippen molar-refractivity contribution in [1.82, 2.24) is 0 Å². The monoisotopic (exact) mass is 441 g/mol. The van der Waals surface area contributed by atoms with Gasteiger partial charge >= 0.3 is 0 Å². The summed E-state index contributed by atoms with van der Waals surface area (Å²) in [4.78, 5) is 0. The lowest BCUT2D eigenvalue weighted by Crippen LogP contribution is -2.37. The number of rotatable bonds is 1. The van der Waals surface area contributed by atoms with E-state index in [1.54, 1.807) is 0 Å². The number of benzene rings is 5. The number of anilines is 2. The first-order valence-electron chi connectivity index (χ1n) is 11.2. The summed E-state index contributed by atoms with van der Waals surface area (Å²) < 4.78 is 17.4. The number of hydrogen-bond donors (Lipinski definition) is 0. The Hall–Kier alpha value is -3.87. The Morgan fingerprint density at radius 2 is 1.00 bits per heavy atom. The summed E-state index contributed by atoms with van der Waals surface area (Å²) in [6, 6.07) is 41.7. The number of nitrogens with zero attached hydrogens (tertiary/aromatic N) is 1. The fraction of sp³-hybridized carbons (Fsp3) is 0. The molecule has 156 valence electrons. The van der Waals surface area contributed by atoms with Crippen LogP contribution in [-0.4, -0.2) is 0 Å². The van der Waals surface area contributed by atoms with E-state index in [0.717, 1.165) is 49.8 Å². The van der Waals surface area contributed by atoms with E-state index in [9.17, 15) is 0 Å². The molecule has 2 heterocycles. The summed E-state index contributed by atoms with van der Waals surface area (Å²) in [6.07, 6.45) is 0. The van der Waals surface area contributed by atoms with Crippen LogP contribution in [0, 0.1) is 0 Å². The Kier molecular flexibility index (Phi) is 3.86. The molecule has 0 spiro atoms. The van der Waals surface area contributed by atoms with Crippen LogP contribution < -0.4 is 15.3 Å². The highest BCUT2D eigenvalue weighted by atomic mass is 31.2. The highest BCUT2D eigenvalue weighted by Crippen LogP contribution is 2.65. The standard InChI is InChI=1S/C30H20NOP/c32-33-29-16-8-5-13-24(29)23-12-4-7-15-27(23)31(33)28-19-18-22(21-10-2-1-3-11-21)20-26(28)25-14-6-9-17-30(25)33/h1-20H. The van der Waals surface area contributed by atoms with E-state index in [1.807, 2.05) is 48.5 Å². The quantitative estimate of drug-likeness (QED) is 0.253. The zero-order valence-electron chi connectivity index (χ0n) is 17.8. The van der Waals surface area contributed by atoms with Gasteiger partial charge in [-0.25, -0.2) is 0 Å². The molecular formula is C30H20NOP. The number of para-hydroxylation sites is 1. The van der Waals surface area contributed by atoms with Gasteiger partial charge in [0.25, 0.3) is 0 Å². The van der Waals surface area contributed by atoms with Crippen LogP contribution in [0.1, 0.15) is 0 Å². The van der Waals surface area contributed by atoms with Crippen LogP contribution in [0.15, 0.2) is 121 Å². The summed E-state index contributed by atoms with van der Waals surface area (Å²) in [7, 11) is -3.12. The number of fused-ring (bicyclic) bond motifs is 11. The van der Waals surface area contributed by atoms with Gasteiger partial charge in [0, 0.05) is 21.7 Å². The molecule has 5 aromatic rings. The summed E-state index contributed by atoms with van der Waals surface area (Å²) in [6.45, 7) is 0. The summed E-state index contributed by atoms with van der Waals surface area (Å²) >= 11 is 0. The van der Waals surface area contributed by atoms with E-state index in [2.05, 4.69) is 77.5 Å². The third-order valence-electron chi connectivity index (χ3n) is 6.79. The first kappa shape index (κ1) is 18.7. The Bertz CT molecular complexity index is 1610. The van der Waals surface area contributed by atoms with Crippen molar-refractivity contribution >= 4 is 29.3 Å². The van der Waals surface area contributed by atoms with Crippen molar-refractivity contribution in [3.8, 4) is 33.4 Å². The van der Waals surface area contributed by atoms with Crippen LogP contribution in [0.25, 0.3) is 33.4 Å². The van der Waals surface area contributed by atoms with E-state index >= 15 is 4.57 Å². The van der Waals surface area contributed by atoms with Crippen LogP contribution in [0.3, 0.4) is 0 Å². The van der Waals surface area contributed by atoms with Crippen molar-refractivity contribution in [3.05, 3.63) is 121 Å². The van der Waals surface area contributed by atoms with E-state index in [4.69, 9.17) is 0 Å². The first-order valence-corrected chi connectivity index (χ1v) is 12.8. The van der Waals surface area contributed by atoms with E-state index in [0.29, 0.717) is 0 Å². The molecule has 0 aliphatic carbocycles. The van der Waals surface area contributed by atoms with Crippen molar-refractivity contribution in [1.29, 1.82) is 0 Å². The van der Waals surface area contributed by atoms with Gasteiger partial charge in [-0.05, 0) is 52.6 Å². The van der Waals surface area contributed by atoms with E-state index in [-0.39, 0.29) is 0 Å². The minimum Gasteiger partial charge on any atom is -0.289 e. The lowest BCUT2D eigenvalue weighted by Gasteiger charge is -2.44. The molecule has 0 aromatic heterocycles. The maximum absolute atomic E-state index is 15.3. The van der Waals surface area contributed by atoms with Gasteiger partial charge in [0.2, 0.25) is 7.29 Å². The van der Waals surface area contributed by atoms with Gasteiger partial charge in [-0.1, -0.05) is 91.0 Å². The number of hydrogen-bond acceptors (Lipinski definition) is 1. The molecule has 0 saturated heterocycles. The van der Waals surface area contributed by atoms with Gasteiger partial charge in [-0.3, -0.25) is 9.24 Å². The van der Waals surface area contributed by atoms with Crippen LogP contribution in [0.2, 0.25) is 0 Å². The topological polar surface area (TPSA) is 20.3 Å². The van der Waals surface area contributed by atoms with Crippen molar-refractivity contribution in [3.63, 3.8) is 0 Å². The predicted molar refractivity (Wildman–Crippen MR) is 138 cm³/mol. The molecule has 7 rings (SSSR count). The highest BCUT2D eigenvalue weighted by Gasteiger charge is 2.47. The Morgan fingerprint density at radius 1 is 0.455 bits per heavy atom. The van der Waals surface area contributed by atoms with Crippen LogP contribution in [-0.2, 0) is 4.57 Å². The maximum atomic E-state index is 15.3. The molecule has 0 radical (unpaired) electrons. The summed E-state index contributed by atoms with van der Waals surface area (Å²) in [5.41, 5.74) is 8.69. The Labute approximate surface area is 193 Å². The SMILES string of the molecule is O=P12c3ccccc3-c3ccccc3N1c1ccc(-c3ccccc3)cc1-c1ccccc12. The van der Waals surface area contributed by atoms with Gasteiger partial charge in [-0.15, -0.1) is 0 Å². The smallest absolute Gasteiger partial charge is 0.235 e. The molecule has 1 atom stereocenters. The average Bonchev–Trinajstić information content (AvgIpc) is 2.89. The molecule has 0 amide bonds. The van der Waals surface area contributed by atoms with Crippen molar-refractivity contribution in [2.75, 3.05) is 4.67 Å². The average molecular weight is 441 g/mol. The second kappa shape index (κ2) is 6.81. The first-order chi connectivity index (χ1) is 16.3. The lowest BCUT2D eigenvalue weighted by molar-refractivity contribution is 0.586. The second-order valence-corrected chi connectivity index (χ2v) is 11.1. The van der Waals surface area contributed by atoms with E-state index < -0.39 is 7.29 Å². The zero-order valence-corrected chi connectivity index (χ0v) is 18.7. The zero-order chi connectivity index (χ0) is 22.0. The van der Waals surface area contributed by atoms with Crippen LogP contribution in [0.4, 0.5) is 11.4 Å². The lowest BCUT2D eigenvalue weighted by atomic mass is 9.96. The molecule has 0 N–H and O–H groups in total. The molecule has 2 nitrogen and oxygen atoms in total. The van der Waals surface area contributed by atoms with E-state index in [1.165, 1.54) is 5.56 Å². The van der Waals surface area contributed by atoms with Crippen LogP contribution in [0.5, 0.6) is 0 Å². The summed E-state index contributed by atoms with van der Waals surface area (Å²) in [5, 5.41) is 1.82. The largest absolute Gasteiger partial charge is 0.289 e. The van der Waals surface area contributed by atoms with Crippen molar-refractivity contribution < 1.29 is 4.57 Å². The van der Waals surface area contributed by atoms with Gasteiger partial charge in [0.05, 0.1) is 11.4 Å². The molecule has 1 unspecified atom stereocenters. The minimum atomic E-state index is -3.12. The Balaban J connectivity index is 1.59. The normalized spacial score (nSPS) is 17.3. The predicted octanol–water partition coefficient (Wildman–Crippen LogP) is 7.38. The molecule has 0 fully saturated rings. The molecule has 0 saturated carbocycles. The van der Waals surface area contributed by atoms with Gasteiger partial charge in [0.15, 0.2) is 0 Å². The third-order valence-corrected chi connectivity index (χ3v) is 9.87. The van der Waals surface area contributed by atoms with Crippen LogP contribution >= 0.6 is 7.29 Å². The molecule has 33 heavy (non-hydrogen) atoms. The summed E-state index contributed by atoms with van der Waals surface area (Å²) in [5.74, 6) is 0. The third kappa shape index (κ3) is 2.47. The highest BCUT2D eigenvalue weighted by molar-refractivity contribution is 7.81. The molecule has 0 bridgehead atoms. The minimum absolute atomic E-state index is 0.907. The van der Waals surface area contributed by atoms with Gasteiger partial charge in [-0.2, -0.15) is 0 Å². The molecule has 5 aromatic carbocycles. The molecular weight excluding hydrogens is 421 g/mol. The Morgan fingerprint density at radius 3 is 1.73 bits per heavy atom. The maximum Gasteiger partial charge on any atom is 0.235 e. The molecule has 2 aliphatic rings. The van der Waals surface area contributed by atoms with Crippen molar-refractivity contribution in [2.45, 2.75) is 0 Å². The second-order valence-electron chi connectivity index (χ2n) is 8.54. The molecule has 2 aliphatic heterocycles. The van der Waals surface area contributed by atoms with Gasteiger partial charge in [0.1, 0.15) is 0 Å². The fourth-order valence-corrected chi connectivity index (χ4v) is 8.61. The van der Waals surface area contributed by atoms with Gasteiger partial charge < -0.3 is 0 Å².